The third-order valence-electron chi connectivity index (χ3n) is 6.09. The van der Waals surface area contributed by atoms with E-state index in [9.17, 15) is 13.5 Å². The molecular weight excluding hydrogens is 386 g/mol. The molecule has 0 radical (unpaired) electrons. The average molecular weight is 416 g/mol. The van der Waals surface area contributed by atoms with Crippen molar-refractivity contribution in [1.82, 2.24) is 14.1 Å². The Hall–Kier alpha value is -1.93. The summed E-state index contributed by atoms with van der Waals surface area (Å²) in [5.41, 5.74) is 0.677. The van der Waals surface area contributed by atoms with Gasteiger partial charge in [-0.2, -0.15) is 4.31 Å². The Kier molecular flexibility index (Phi) is 5.42. The van der Waals surface area contributed by atoms with Crippen LogP contribution in [0.15, 0.2) is 59.5 Å². The molecule has 2 aromatic rings. The zero-order chi connectivity index (χ0) is 20.6. The maximum atomic E-state index is 13.2. The predicted octanol–water partition coefficient (Wildman–Crippen LogP) is 2.36. The van der Waals surface area contributed by atoms with Crippen LogP contribution >= 0.6 is 0 Å². The van der Waals surface area contributed by atoms with E-state index >= 15 is 0 Å². The summed E-state index contributed by atoms with van der Waals surface area (Å²) in [4.78, 5) is 5.11. The summed E-state index contributed by atoms with van der Waals surface area (Å²) in [6, 6.07) is 16.2. The Morgan fingerprint density at radius 2 is 1.69 bits per heavy atom. The minimum atomic E-state index is -3.52. The lowest BCUT2D eigenvalue weighted by atomic mass is 9.94. The molecule has 4 rings (SSSR count). The molecule has 2 saturated heterocycles. The number of sulfonamides is 1. The van der Waals surface area contributed by atoms with Crippen molar-refractivity contribution in [2.75, 3.05) is 32.7 Å². The summed E-state index contributed by atoms with van der Waals surface area (Å²) in [6.07, 6.45) is 0. The fourth-order valence-corrected chi connectivity index (χ4v) is 6.30. The van der Waals surface area contributed by atoms with E-state index in [4.69, 9.17) is 0 Å². The number of phenolic OH excluding ortho intramolecular Hbond substituents is 1. The molecule has 2 aliphatic rings. The van der Waals surface area contributed by atoms with Crippen LogP contribution in [0, 0.1) is 0 Å². The van der Waals surface area contributed by atoms with E-state index in [1.807, 2.05) is 24.3 Å². The number of aromatic hydroxyl groups is 1. The first-order valence-electron chi connectivity index (χ1n) is 10.1. The molecule has 2 aliphatic heterocycles. The van der Waals surface area contributed by atoms with Gasteiger partial charge < -0.3 is 5.11 Å². The van der Waals surface area contributed by atoms with Crippen LogP contribution in [0.1, 0.15) is 19.4 Å². The highest BCUT2D eigenvalue weighted by molar-refractivity contribution is 7.89. The zero-order valence-corrected chi connectivity index (χ0v) is 17.8. The number of phenols is 1. The first kappa shape index (κ1) is 20.3. The highest BCUT2D eigenvalue weighted by Crippen LogP contribution is 2.32. The standard InChI is InChI=1S/C22H29N3O3S/c1-22(2)17-24(29(27,28)20-9-4-3-5-10-20)16-19-15-23(12-13-25(19)22)14-18-8-6-7-11-21(18)26/h3-11,19,26H,12-17H2,1-2H3. The quantitative estimate of drug-likeness (QED) is 0.831. The fourth-order valence-electron chi connectivity index (χ4n) is 4.65. The van der Waals surface area contributed by atoms with Crippen molar-refractivity contribution in [3.8, 4) is 5.75 Å². The van der Waals surface area contributed by atoms with E-state index in [1.165, 1.54) is 0 Å². The first-order chi connectivity index (χ1) is 13.8. The second-order valence-corrected chi connectivity index (χ2v) is 10.6. The van der Waals surface area contributed by atoms with Crippen LogP contribution in [0.25, 0.3) is 0 Å². The molecule has 0 saturated carbocycles. The van der Waals surface area contributed by atoms with Crippen molar-refractivity contribution in [2.45, 2.75) is 36.9 Å². The average Bonchev–Trinajstić information content (AvgIpc) is 2.69. The molecule has 1 atom stereocenters. The van der Waals surface area contributed by atoms with E-state index in [0.29, 0.717) is 30.3 Å². The van der Waals surface area contributed by atoms with Gasteiger partial charge in [0.2, 0.25) is 10.0 Å². The van der Waals surface area contributed by atoms with Gasteiger partial charge in [-0.25, -0.2) is 8.42 Å². The predicted molar refractivity (Wildman–Crippen MR) is 113 cm³/mol. The van der Waals surface area contributed by atoms with Crippen molar-refractivity contribution >= 4 is 10.0 Å². The normalized spacial score (nSPS) is 23.6. The van der Waals surface area contributed by atoms with Gasteiger partial charge in [-0.15, -0.1) is 0 Å². The first-order valence-corrected chi connectivity index (χ1v) is 11.5. The summed E-state index contributed by atoms with van der Waals surface area (Å²) in [5, 5.41) is 10.1. The molecule has 156 valence electrons. The van der Waals surface area contributed by atoms with Crippen LogP contribution in [0.2, 0.25) is 0 Å². The number of fused-ring (bicyclic) bond motifs is 1. The van der Waals surface area contributed by atoms with Gasteiger partial charge in [0.15, 0.2) is 0 Å². The van der Waals surface area contributed by atoms with Crippen LogP contribution in [0.3, 0.4) is 0 Å². The Balaban J connectivity index is 1.54. The highest BCUT2D eigenvalue weighted by atomic mass is 32.2. The molecule has 2 fully saturated rings. The summed E-state index contributed by atoms with van der Waals surface area (Å²) >= 11 is 0. The van der Waals surface area contributed by atoms with Crippen molar-refractivity contribution in [3.63, 3.8) is 0 Å². The van der Waals surface area contributed by atoms with Gasteiger partial charge in [0.05, 0.1) is 4.90 Å². The highest BCUT2D eigenvalue weighted by Gasteiger charge is 2.45. The van der Waals surface area contributed by atoms with Gasteiger partial charge in [-0.1, -0.05) is 36.4 Å². The van der Waals surface area contributed by atoms with Crippen molar-refractivity contribution in [1.29, 1.82) is 0 Å². The second-order valence-electron chi connectivity index (χ2n) is 8.63. The molecule has 0 bridgehead atoms. The second kappa shape index (κ2) is 7.72. The summed E-state index contributed by atoms with van der Waals surface area (Å²) in [5.74, 6) is 0.312. The third kappa shape index (κ3) is 4.05. The minimum absolute atomic E-state index is 0.122. The van der Waals surface area contributed by atoms with Crippen LogP contribution < -0.4 is 0 Å². The number of para-hydroxylation sites is 1. The molecule has 6 nitrogen and oxygen atoms in total. The van der Waals surface area contributed by atoms with Crippen molar-refractivity contribution in [2.24, 2.45) is 0 Å². The number of rotatable bonds is 4. The van der Waals surface area contributed by atoms with Crippen molar-refractivity contribution in [3.05, 3.63) is 60.2 Å². The summed E-state index contributed by atoms with van der Waals surface area (Å²) in [6.45, 7) is 8.47. The third-order valence-corrected chi connectivity index (χ3v) is 7.91. The Labute approximate surface area is 173 Å². The van der Waals surface area contributed by atoms with E-state index < -0.39 is 10.0 Å². The summed E-state index contributed by atoms with van der Waals surface area (Å²) in [7, 11) is -3.52. The summed E-state index contributed by atoms with van der Waals surface area (Å²) < 4.78 is 28.1. The van der Waals surface area contributed by atoms with E-state index in [0.717, 1.165) is 25.2 Å². The number of hydrogen-bond donors (Lipinski definition) is 1. The van der Waals surface area contributed by atoms with E-state index in [-0.39, 0.29) is 11.6 Å². The topological polar surface area (TPSA) is 64.1 Å². The monoisotopic (exact) mass is 415 g/mol. The lowest BCUT2D eigenvalue weighted by molar-refractivity contribution is -0.0451. The Morgan fingerprint density at radius 3 is 2.41 bits per heavy atom. The van der Waals surface area contributed by atoms with Crippen molar-refractivity contribution < 1.29 is 13.5 Å². The molecule has 0 aliphatic carbocycles. The smallest absolute Gasteiger partial charge is 0.243 e. The van der Waals surface area contributed by atoms with Crippen LogP contribution in [-0.4, -0.2) is 71.9 Å². The molecule has 1 unspecified atom stereocenters. The molecule has 0 spiro atoms. The molecule has 0 amide bonds. The fraction of sp³-hybridized carbons (Fsp3) is 0.455. The molecule has 1 N–H and O–H groups in total. The Bertz CT molecular complexity index is 962. The SMILES string of the molecule is CC1(C)CN(S(=O)(=O)c2ccccc2)CC2CN(Cc3ccccc3O)CCN21. The van der Waals surface area contributed by atoms with Crippen LogP contribution in [-0.2, 0) is 16.6 Å². The van der Waals surface area contributed by atoms with Gasteiger partial charge in [0, 0.05) is 56.4 Å². The van der Waals surface area contributed by atoms with Crippen LogP contribution in [0.4, 0.5) is 0 Å². The number of piperazine rings is 2. The van der Waals surface area contributed by atoms with Gasteiger partial charge >= 0.3 is 0 Å². The zero-order valence-electron chi connectivity index (χ0n) is 17.0. The number of hydrogen-bond acceptors (Lipinski definition) is 5. The van der Waals surface area contributed by atoms with E-state index in [2.05, 4.69) is 23.6 Å². The number of nitrogens with zero attached hydrogens (tertiary/aromatic N) is 3. The largest absolute Gasteiger partial charge is 0.508 e. The van der Waals surface area contributed by atoms with Gasteiger partial charge in [0.25, 0.3) is 0 Å². The minimum Gasteiger partial charge on any atom is -0.508 e. The van der Waals surface area contributed by atoms with E-state index in [1.54, 1.807) is 34.6 Å². The van der Waals surface area contributed by atoms with Gasteiger partial charge in [0.1, 0.15) is 5.75 Å². The maximum absolute atomic E-state index is 13.2. The molecule has 7 heteroatoms. The molecular formula is C22H29N3O3S. The Morgan fingerprint density at radius 1 is 1.00 bits per heavy atom. The lowest BCUT2D eigenvalue weighted by Gasteiger charge is -2.55. The van der Waals surface area contributed by atoms with Gasteiger partial charge in [-0.05, 0) is 32.0 Å². The number of benzene rings is 2. The molecule has 2 aromatic carbocycles. The lowest BCUT2D eigenvalue weighted by Crippen LogP contribution is -2.70. The maximum Gasteiger partial charge on any atom is 0.243 e. The molecule has 0 aromatic heterocycles. The van der Waals surface area contributed by atoms with Gasteiger partial charge in [-0.3, -0.25) is 9.80 Å². The van der Waals surface area contributed by atoms with Crippen LogP contribution in [0.5, 0.6) is 5.75 Å². The molecule has 2 heterocycles. The molecule has 29 heavy (non-hydrogen) atoms.